The van der Waals surface area contributed by atoms with E-state index in [4.69, 9.17) is 4.74 Å². The number of esters is 1. The number of hydrogen-bond donors (Lipinski definition) is 1. The maximum Gasteiger partial charge on any atom is 0.337 e. The van der Waals surface area contributed by atoms with Crippen LogP contribution in [0.15, 0.2) is 38.4 Å². The Morgan fingerprint density at radius 1 is 1.26 bits per heavy atom. The fourth-order valence-electron chi connectivity index (χ4n) is 3.12. The third-order valence-corrected chi connectivity index (χ3v) is 5.20. The first-order chi connectivity index (χ1) is 11.0. The smallest absolute Gasteiger partial charge is 0.337 e. The van der Waals surface area contributed by atoms with Crippen molar-refractivity contribution in [1.29, 1.82) is 0 Å². The van der Waals surface area contributed by atoms with Gasteiger partial charge in [0.05, 0.1) is 22.8 Å². The zero-order valence-corrected chi connectivity index (χ0v) is 13.3. The molecule has 4 heterocycles. The minimum absolute atomic E-state index is 0.124. The second-order valence-corrected chi connectivity index (χ2v) is 6.49. The second-order valence-electron chi connectivity index (χ2n) is 5.51. The van der Waals surface area contributed by atoms with Gasteiger partial charge in [-0.25, -0.2) is 9.59 Å². The summed E-state index contributed by atoms with van der Waals surface area (Å²) >= 11 is 1.46. The van der Waals surface area contributed by atoms with Gasteiger partial charge < -0.3 is 10.1 Å². The monoisotopic (exact) mass is 331 g/mol. The third kappa shape index (κ3) is 1.78. The van der Waals surface area contributed by atoms with Crippen molar-refractivity contribution in [2.75, 3.05) is 11.9 Å². The predicted octanol–water partition coefficient (Wildman–Crippen LogP) is 0.514. The van der Waals surface area contributed by atoms with Gasteiger partial charge in [-0.15, -0.1) is 11.3 Å². The van der Waals surface area contributed by atoms with Crippen LogP contribution in [0.2, 0.25) is 0 Å². The molecule has 0 saturated carbocycles. The van der Waals surface area contributed by atoms with Crippen LogP contribution in [0.5, 0.6) is 0 Å². The summed E-state index contributed by atoms with van der Waals surface area (Å²) in [7, 11) is 3.04. The first-order valence-corrected chi connectivity index (χ1v) is 7.89. The number of ether oxygens (including phenoxy) is 1. The van der Waals surface area contributed by atoms with Gasteiger partial charge in [-0.3, -0.25) is 13.9 Å². The lowest BCUT2D eigenvalue weighted by molar-refractivity contribution is -0.136. The van der Waals surface area contributed by atoms with Crippen molar-refractivity contribution in [3.63, 3.8) is 0 Å². The van der Waals surface area contributed by atoms with Crippen LogP contribution in [0, 0.1) is 0 Å². The van der Waals surface area contributed by atoms with Crippen LogP contribution in [0.1, 0.15) is 16.4 Å². The van der Waals surface area contributed by atoms with Crippen LogP contribution in [-0.2, 0) is 23.6 Å². The van der Waals surface area contributed by atoms with Crippen molar-refractivity contribution in [3.8, 4) is 0 Å². The Morgan fingerprint density at radius 3 is 2.74 bits per heavy atom. The summed E-state index contributed by atoms with van der Waals surface area (Å²) in [6.07, 6.45) is 0. The molecular weight excluding hydrogens is 318 g/mol. The Labute approximate surface area is 134 Å². The van der Waals surface area contributed by atoms with E-state index in [-0.39, 0.29) is 6.61 Å². The first kappa shape index (κ1) is 14.0. The lowest BCUT2D eigenvalue weighted by atomic mass is 9.87. The molecule has 0 amide bonds. The van der Waals surface area contributed by atoms with Crippen molar-refractivity contribution in [2.45, 2.75) is 5.92 Å². The number of carbonyl (C=O) groups excluding carboxylic acids is 1. The standard InChI is InChI=1S/C15H13N3O4S/c1-17-12-11(13(19)18(2)15(17)21)10(8-4-3-5-23-8)9-7(16-12)6-22-14(9)20/h3-5,10,16H,6H2,1-2H3/t10-/m0/s1. The van der Waals surface area contributed by atoms with E-state index in [1.54, 1.807) is 7.05 Å². The molecule has 0 aliphatic carbocycles. The fraction of sp³-hybridized carbons (Fsp3) is 0.267. The van der Waals surface area contributed by atoms with Gasteiger partial charge in [0.15, 0.2) is 0 Å². The summed E-state index contributed by atoms with van der Waals surface area (Å²) in [5, 5.41) is 4.94. The SMILES string of the molecule is Cn1c2c(c(=O)n(C)c1=O)[C@@H](c1cccs1)C1=C(COC1=O)N2. The number of fused-ring (bicyclic) bond motifs is 1. The number of cyclic esters (lactones) is 1. The number of rotatable bonds is 1. The number of aromatic nitrogens is 2. The molecule has 2 aromatic rings. The molecule has 1 N–H and O–H groups in total. The molecule has 2 aliphatic heterocycles. The van der Waals surface area contributed by atoms with Crippen molar-refractivity contribution >= 4 is 23.1 Å². The minimum atomic E-state index is -0.512. The van der Waals surface area contributed by atoms with Gasteiger partial charge in [-0.05, 0) is 11.4 Å². The van der Waals surface area contributed by atoms with Gasteiger partial charge in [0.2, 0.25) is 0 Å². The molecule has 0 spiro atoms. The molecule has 2 aromatic heterocycles. The maximum absolute atomic E-state index is 12.7. The van der Waals surface area contributed by atoms with Crippen LogP contribution in [0.3, 0.4) is 0 Å². The third-order valence-electron chi connectivity index (χ3n) is 4.27. The average Bonchev–Trinajstić information content (AvgIpc) is 3.19. The molecule has 0 fully saturated rings. The van der Waals surface area contributed by atoms with Gasteiger partial charge in [-0.1, -0.05) is 6.07 Å². The Bertz CT molecular complexity index is 981. The molecule has 0 saturated heterocycles. The van der Waals surface area contributed by atoms with Crippen molar-refractivity contribution < 1.29 is 9.53 Å². The van der Waals surface area contributed by atoms with Crippen LogP contribution in [0.4, 0.5) is 5.82 Å². The fourth-order valence-corrected chi connectivity index (χ4v) is 3.96. The van der Waals surface area contributed by atoms with E-state index in [0.717, 1.165) is 9.44 Å². The normalized spacial score (nSPS) is 19.2. The quantitative estimate of drug-likeness (QED) is 0.770. The van der Waals surface area contributed by atoms with Gasteiger partial charge in [0.25, 0.3) is 5.56 Å². The van der Waals surface area contributed by atoms with Gasteiger partial charge in [0.1, 0.15) is 12.4 Å². The Balaban J connectivity index is 2.10. The highest BCUT2D eigenvalue weighted by Gasteiger charge is 2.41. The molecule has 8 heteroatoms. The Morgan fingerprint density at radius 2 is 2.04 bits per heavy atom. The highest BCUT2D eigenvalue weighted by Crippen LogP contribution is 2.43. The van der Waals surface area contributed by atoms with Crippen LogP contribution < -0.4 is 16.6 Å². The number of carbonyl (C=O) groups is 1. The second kappa shape index (κ2) is 4.69. The molecule has 0 aromatic carbocycles. The zero-order chi connectivity index (χ0) is 16.3. The van der Waals surface area contributed by atoms with E-state index in [9.17, 15) is 14.4 Å². The van der Waals surface area contributed by atoms with E-state index in [1.807, 2.05) is 17.5 Å². The van der Waals surface area contributed by atoms with Crippen LogP contribution >= 0.6 is 11.3 Å². The number of nitrogens with zero attached hydrogens (tertiary/aromatic N) is 2. The summed E-state index contributed by atoms with van der Waals surface area (Å²) in [6, 6.07) is 3.75. The van der Waals surface area contributed by atoms with E-state index < -0.39 is 23.1 Å². The molecule has 0 unspecified atom stereocenters. The number of anilines is 1. The average molecular weight is 331 g/mol. The van der Waals surface area contributed by atoms with Gasteiger partial charge >= 0.3 is 11.7 Å². The zero-order valence-electron chi connectivity index (χ0n) is 12.5. The van der Waals surface area contributed by atoms with E-state index in [1.165, 1.54) is 23.0 Å². The summed E-state index contributed by atoms with van der Waals surface area (Å²) < 4.78 is 7.59. The summed E-state index contributed by atoms with van der Waals surface area (Å²) in [5.41, 5.74) is 0.648. The topological polar surface area (TPSA) is 82.3 Å². The number of nitrogens with one attached hydrogen (secondary N) is 1. The van der Waals surface area contributed by atoms with Crippen molar-refractivity contribution in [2.24, 2.45) is 14.1 Å². The minimum Gasteiger partial charge on any atom is -0.456 e. The highest BCUT2D eigenvalue weighted by atomic mass is 32.1. The first-order valence-electron chi connectivity index (χ1n) is 7.01. The molecule has 4 rings (SSSR count). The molecule has 7 nitrogen and oxygen atoms in total. The molecule has 118 valence electrons. The molecule has 1 atom stereocenters. The maximum atomic E-state index is 12.7. The summed E-state index contributed by atoms with van der Waals surface area (Å²) in [6.45, 7) is 0.124. The molecule has 23 heavy (non-hydrogen) atoms. The van der Waals surface area contributed by atoms with Gasteiger partial charge in [-0.2, -0.15) is 0 Å². The van der Waals surface area contributed by atoms with E-state index in [2.05, 4.69) is 5.32 Å². The van der Waals surface area contributed by atoms with Crippen molar-refractivity contribution in [3.05, 3.63) is 60.1 Å². The van der Waals surface area contributed by atoms with Crippen LogP contribution in [-0.4, -0.2) is 21.7 Å². The largest absolute Gasteiger partial charge is 0.456 e. The predicted molar refractivity (Wildman–Crippen MR) is 84.7 cm³/mol. The van der Waals surface area contributed by atoms with E-state index >= 15 is 0 Å². The molecule has 0 radical (unpaired) electrons. The number of thiophene rings is 1. The Hall–Kier alpha value is -2.61. The summed E-state index contributed by atoms with van der Waals surface area (Å²) in [5.74, 6) is -0.511. The van der Waals surface area contributed by atoms with Gasteiger partial charge in [0, 0.05) is 19.0 Å². The molecular formula is C15H13N3O4S. The molecule has 0 bridgehead atoms. The summed E-state index contributed by atoms with van der Waals surface area (Å²) in [4.78, 5) is 38.0. The Kier molecular flexibility index (Phi) is 2.86. The van der Waals surface area contributed by atoms with E-state index in [0.29, 0.717) is 22.7 Å². The lowest BCUT2D eigenvalue weighted by Crippen LogP contribution is -2.43. The molecule has 2 aliphatic rings. The van der Waals surface area contributed by atoms with Crippen molar-refractivity contribution in [1.82, 2.24) is 9.13 Å². The lowest BCUT2D eigenvalue weighted by Gasteiger charge is -2.27. The van der Waals surface area contributed by atoms with Crippen LogP contribution in [0.25, 0.3) is 0 Å². The number of hydrogen-bond acceptors (Lipinski definition) is 6. The highest BCUT2D eigenvalue weighted by molar-refractivity contribution is 7.10.